The average molecular weight is 380 g/mol. The number of Topliss-reactive ketones (excluding diaryl/α,β-unsaturated/α-hetero) is 1. The number of ether oxygens (including phenoxy) is 1. The highest BCUT2D eigenvalue weighted by Crippen LogP contribution is 2.33. The van der Waals surface area contributed by atoms with Crippen LogP contribution in [0.3, 0.4) is 0 Å². The lowest BCUT2D eigenvalue weighted by Gasteiger charge is -2.08. The van der Waals surface area contributed by atoms with Crippen LogP contribution in [0.4, 0.5) is 0 Å². The van der Waals surface area contributed by atoms with Crippen LogP contribution in [0.25, 0.3) is 0 Å². The number of hydrogen-bond acceptors (Lipinski definition) is 3. The zero-order valence-electron chi connectivity index (χ0n) is 9.88. The summed E-state index contributed by atoms with van der Waals surface area (Å²) in [5.74, 6) is 0.596. The van der Waals surface area contributed by atoms with Crippen molar-refractivity contribution in [1.29, 1.82) is 0 Å². The Kier molecular flexibility index (Phi) is 4.90. The number of ketones is 1. The van der Waals surface area contributed by atoms with Gasteiger partial charge in [-0.1, -0.05) is 39.1 Å². The standard InChI is InChI=1S/C13H9BrCl2O2S/c1-18-11-3-2-8(14)4-7(11)5-10(17)9-6-12(15)19-13(9)16/h2-4,6H,5H2,1H3. The zero-order valence-corrected chi connectivity index (χ0v) is 13.8. The Hall–Kier alpha value is -0.550. The van der Waals surface area contributed by atoms with Gasteiger partial charge in [-0.2, -0.15) is 0 Å². The maximum absolute atomic E-state index is 12.2. The molecule has 1 heterocycles. The topological polar surface area (TPSA) is 26.3 Å². The normalized spacial score (nSPS) is 10.5. The molecule has 100 valence electrons. The minimum Gasteiger partial charge on any atom is -0.496 e. The molecule has 1 aromatic heterocycles. The molecular formula is C13H9BrCl2O2S. The van der Waals surface area contributed by atoms with Gasteiger partial charge in [0.2, 0.25) is 0 Å². The van der Waals surface area contributed by atoms with Crippen molar-refractivity contribution in [2.24, 2.45) is 0 Å². The van der Waals surface area contributed by atoms with Gasteiger partial charge in [-0.3, -0.25) is 4.79 Å². The summed E-state index contributed by atoms with van der Waals surface area (Å²) in [5.41, 5.74) is 1.26. The molecule has 0 spiro atoms. The molecule has 0 aliphatic heterocycles. The first-order chi connectivity index (χ1) is 9.01. The molecule has 6 heteroatoms. The van der Waals surface area contributed by atoms with E-state index in [4.69, 9.17) is 27.9 Å². The first kappa shape index (κ1) is 14.9. The SMILES string of the molecule is COc1ccc(Br)cc1CC(=O)c1cc(Cl)sc1Cl. The number of carbonyl (C=O) groups is 1. The minimum atomic E-state index is -0.0791. The predicted molar refractivity (Wildman–Crippen MR) is 83.1 cm³/mol. The van der Waals surface area contributed by atoms with E-state index in [1.54, 1.807) is 13.2 Å². The minimum absolute atomic E-state index is 0.0791. The van der Waals surface area contributed by atoms with Crippen molar-refractivity contribution in [2.45, 2.75) is 6.42 Å². The molecule has 2 aromatic rings. The Balaban J connectivity index is 2.28. The Morgan fingerprint density at radius 3 is 2.68 bits per heavy atom. The smallest absolute Gasteiger partial charge is 0.169 e. The van der Waals surface area contributed by atoms with Gasteiger partial charge in [-0.05, 0) is 24.3 Å². The number of hydrogen-bond donors (Lipinski definition) is 0. The molecule has 19 heavy (non-hydrogen) atoms. The van der Waals surface area contributed by atoms with Crippen LogP contribution in [-0.4, -0.2) is 12.9 Å². The van der Waals surface area contributed by atoms with Crippen LogP contribution >= 0.6 is 50.5 Å². The molecule has 2 nitrogen and oxygen atoms in total. The van der Waals surface area contributed by atoms with E-state index in [1.807, 2.05) is 18.2 Å². The highest BCUT2D eigenvalue weighted by molar-refractivity contribution is 9.10. The van der Waals surface area contributed by atoms with Crippen LogP contribution in [0.15, 0.2) is 28.7 Å². The maximum Gasteiger partial charge on any atom is 0.169 e. The molecule has 0 bridgehead atoms. The summed E-state index contributed by atoms with van der Waals surface area (Å²) in [6.45, 7) is 0. The van der Waals surface area contributed by atoms with Crippen molar-refractivity contribution in [3.8, 4) is 5.75 Å². The maximum atomic E-state index is 12.2. The highest BCUT2D eigenvalue weighted by Gasteiger charge is 2.16. The van der Waals surface area contributed by atoms with Gasteiger partial charge >= 0.3 is 0 Å². The second-order valence-corrected chi connectivity index (χ2v) is 7.00. The molecule has 0 atom stereocenters. The molecule has 0 N–H and O–H groups in total. The second-order valence-electron chi connectivity index (χ2n) is 3.79. The van der Waals surface area contributed by atoms with Crippen LogP contribution in [0, 0.1) is 0 Å². The van der Waals surface area contributed by atoms with Crippen molar-refractivity contribution in [1.82, 2.24) is 0 Å². The van der Waals surface area contributed by atoms with Gasteiger partial charge in [0.25, 0.3) is 0 Å². The van der Waals surface area contributed by atoms with Crippen molar-refractivity contribution >= 4 is 56.3 Å². The number of methoxy groups -OCH3 is 1. The van der Waals surface area contributed by atoms with E-state index in [9.17, 15) is 4.79 Å². The Bertz CT molecular complexity index is 625. The number of carbonyl (C=O) groups excluding carboxylic acids is 1. The molecule has 0 amide bonds. The van der Waals surface area contributed by atoms with E-state index >= 15 is 0 Å². The van der Waals surface area contributed by atoms with Gasteiger partial charge in [0.05, 0.1) is 11.4 Å². The third-order valence-corrected chi connectivity index (χ3v) is 4.53. The van der Waals surface area contributed by atoms with Gasteiger partial charge < -0.3 is 4.74 Å². The summed E-state index contributed by atoms with van der Waals surface area (Å²) in [7, 11) is 1.58. The van der Waals surface area contributed by atoms with E-state index in [0.29, 0.717) is 20.0 Å². The first-order valence-corrected chi connectivity index (χ1v) is 7.68. The zero-order chi connectivity index (χ0) is 14.0. The third-order valence-electron chi connectivity index (χ3n) is 2.55. The highest BCUT2D eigenvalue weighted by atomic mass is 79.9. The lowest BCUT2D eigenvalue weighted by atomic mass is 10.0. The largest absolute Gasteiger partial charge is 0.496 e. The van der Waals surface area contributed by atoms with Crippen LogP contribution in [0.1, 0.15) is 15.9 Å². The van der Waals surface area contributed by atoms with E-state index in [-0.39, 0.29) is 12.2 Å². The van der Waals surface area contributed by atoms with Gasteiger partial charge in [0.1, 0.15) is 10.1 Å². The number of halogens is 3. The summed E-state index contributed by atoms with van der Waals surface area (Å²) in [5, 5.41) is 0. The molecule has 0 aliphatic rings. The number of benzene rings is 1. The monoisotopic (exact) mass is 378 g/mol. The average Bonchev–Trinajstić information content (AvgIpc) is 2.69. The quantitative estimate of drug-likeness (QED) is 0.678. The number of rotatable bonds is 4. The summed E-state index contributed by atoms with van der Waals surface area (Å²) in [4.78, 5) is 12.2. The van der Waals surface area contributed by atoms with Gasteiger partial charge in [0.15, 0.2) is 5.78 Å². The molecule has 2 rings (SSSR count). The molecule has 0 radical (unpaired) electrons. The van der Waals surface area contributed by atoms with E-state index < -0.39 is 0 Å². The van der Waals surface area contributed by atoms with Crippen LogP contribution in [0.2, 0.25) is 8.67 Å². The van der Waals surface area contributed by atoms with Crippen molar-refractivity contribution < 1.29 is 9.53 Å². The lowest BCUT2D eigenvalue weighted by Crippen LogP contribution is -2.04. The molecule has 0 aliphatic carbocycles. The summed E-state index contributed by atoms with van der Waals surface area (Å²) >= 11 is 16.4. The predicted octanol–water partition coefficient (Wildman–Crippen LogP) is 5.25. The van der Waals surface area contributed by atoms with Crippen molar-refractivity contribution in [3.63, 3.8) is 0 Å². The van der Waals surface area contributed by atoms with Crippen molar-refractivity contribution in [3.05, 3.63) is 48.5 Å². The van der Waals surface area contributed by atoms with Crippen molar-refractivity contribution in [2.75, 3.05) is 7.11 Å². The molecule has 1 aromatic carbocycles. The van der Waals surface area contributed by atoms with Gasteiger partial charge in [0, 0.05) is 22.0 Å². The summed E-state index contributed by atoms with van der Waals surface area (Å²) in [6.07, 6.45) is 0.218. The second kappa shape index (κ2) is 6.27. The third kappa shape index (κ3) is 3.51. The Labute approximate surface area is 133 Å². The summed E-state index contributed by atoms with van der Waals surface area (Å²) in [6, 6.07) is 7.14. The van der Waals surface area contributed by atoms with E-state index in [1.165, 1.54) is 11.3 Å². The van der Waals surface area contributed by atoms with Crippen LogP contribution < -0.4 is 4.74 Å². The van der Waals surface area contributed by atoms with Gasteiger partial charge in [-0.25, -0.2) is 0 Å². The molecule has 0 saturated carbocycles. The Morgan fingerprint density at radius 2 is 2.11 bits per heavy atom. The molecule has 0 fully saturated rings. The van der Waals surface area contributed by atoms with Gasteiger partial charge in [-0.15, -0.1) is 11.3 Å². The summed E-state index contributed by atoms with van der Waals surface area (Å²) < 4.78 is 7.07. The van der Waals surface area contributed by atoms with E-state index in [2.05, 4.69) is 15.9 Å². The molecular weight excluding hydrogens is 371 g/mol. The fourth-order valence-electron chi connectivity index (χ4n) is 1.68. The molecule has 0 saturated heterocycles. The van der Waals surface area contributed by atoms with Crippen LogP contribution in [0.5, 0.6) is 5.75 Å². The fraction of sp³-hybridized carbons (Fsp3) is 0.154. The lowest BCUT2D eigenvalue weighted by molar-refractivity contribution is 0.0992. The number of thiophene rings is 1. The molecule has 0 unspecified atom stereocenters. The van der Waals surface area contributed by atoms with Crippen LogP contribution in [-0.2, 0) is 6.42 Å². The van der Waals surface area contributed by atoms with E-state index in [0.717, 1.165) is 10.0 Å². The Morgan fingerprint density at radius 1 is 1.37 bits per heavy atom. The first-order valence-electron chi connectivity index (χ1n) is 5.31. The fourth-order valence-corrected chi connectivity index (χ4v) is 3.59.